The van der Waals surface area contributed by atoms with Crippen LogP contribution in [0.1, 0.15) is 0 Å². The third-order valence-electron chi connectivity index (χ3n) is 2.14. The summed E-state index contributed by atoms with van der Waals surface area (Å²) >= 11 is -2.66. The van der Waals surface area contributed by atoms with Crippen molar-refractivity contribution in [1.82, 2.24) is 8.44 Å². The molecule has 0 aliphatic heterocycles. The molecule has 0 aromatic heterocycles. The standard InChI is InChI=1S/C9H6N5.3CH3.Sn/c10-6-12-9(13-7-11)14-8-4-2-1-3-5-8;;;;/h1-5H,(H-,12,13,14);3*1H3;/q-1;;;;+1. The zero-order valence-electron chi connectivity index (χ0n) is 10.7. The van der Waals surface area contributed by atoms with Gasteiger partial charge in [-0.15, -0.1) is 0 Å². The van der Waals surface area contributed by atoms with Crippen LogP contribution in [0.3, 0.4) is 0 Å². The van der Waals surface area contributed by atoms with Crippen LogP contribution in [0.4, 0.5) is 5.69 Å². The molecule has 18 heavy (non-hydrogen) atoms. The monoisotopic (exact) mass is 349 g/mol. The van der Waals surface area contributed by atoms with E-state index in [0.29, 0.717) is 11.6 Å². The van der Waals surface area contributed by atoms with Crippen LogP contribution in [0.2, 0.25) is 14.8 Å². The van der Waals surface area contributed by atoms with E-state index in [-0.39, 0.29) is 0 Å². The Morgan fingerprint density at radius 3 is 2.28 bits per heavy atom. The molecule has 0 saturated heterocycles. The number of hydrogen-bond acceptors (Lipinski definition) is 3. The van der Waals surface area contributed by atoms with Crippen LogP contribution in [0, 0.1) is 22.9 Å². The van der Waals surface area contributed by atoms with Gasteiger partial charge in [-0.05, 0) is 0 Å². The number of nitrogens with one attached hydrogen (secondary N) is 1. The van der Waals surface area contributed by atoms with Gasteiger partial charge in [0.05, 0.1) is 0 Å². The maximum atomic E-state index is 9.23. The van der Waals surface area contributed by atoms with Crippen molar-refractivity contribution in [3.8, 4) is 12.4 Å². The van der Waals surface area contributed by atoms with Gasteiger partial charge < -0.3 is 0 Å². The zero-order valence-corrected chi connectivity index (χ0v) is 13.5. The van der Waals surface area contributed by atoms with Crippen LogP contribution in [0.15, 0.2) is 35.3 Å². The topological polar surface area (TPSA) is 75.2 Å². The second-order valence-electron chi connectivity index (χ2n) is 4.61. The number of rotatable bonds is 2. The van der Waals surface area contributed by atoms with Crippen molar-refractivity contribution in [3.05, 3.63) is 30.3 Å². The summed E-state index contributed by atoms with van der Waals surface area (Å²) in [5.41, 5.74) is 0.714. The van der Waals surface area contributed by atoms with Gasteiger partial charge in [-0.2, -0.15) is 0 Å². The van der Waals surface area contributed by atoms with E-state index < -0.39 is 18.7 Å². The van der Waals surface area contributed by atoms with Crippen molar-refractivity contribution in [3.63, 3.8) is 0 Å². The first-order valence-electron chi connectivity index (χ1n) is 5.48. The quantitative estimate of drug-likeness (QED) is 0.293. The van der Waals surface area contributed by atoms with Gasteiger partial charge >= 0.3 is 112 Å². The minimum atomic E-state index is -2.66. The van der Waals surface area contributed by atoms with Crippen LogP contribution >= 0.6 is 0 Å². The predicted molar refractivity (Wildman–Crippen MR) is 73.1 cm³/mol. The Balaban J connectivity index is 3.15. The van der Waals surface area contributed by atoms with E-state index in [4.69, 9.17) is 5.26 Å². The molecular formula is C12H15N5Sn. The molecule has 0 unspecified atom stereocenters. The molecule has 6 heteroatoms. The number of nitrogens with zero attached hydrogens (tertiary/aromatic N) is 4. The molecular weight excluding hydrogens is 333 g/mol. The van der Waals surface area contributed by atoms with Crippen molar-refractivity contribution in [2.45, 2.75) is 14.8 Å². The molecule has 1 N–H and O–H groups in total. The summed E-state index contributed by atoms with van der Waals surface area (Å²) in [6.45, 7) is 0. The molecule has 5 nitrogen and oxygen atoms in total. The predicted octanol–water partition coefficient (Wildman–Crippen LogP) is 2.36. The zero-order chi connectivity index (χ0) is 13.6. The summed E-state index contributed by atoms with van der Waals surface area (Å²) in [7, 11) is 0. The molecule has 0 bridgehead atoms. The summed E-state index contributed by atoms with van der Waals surface area (Å²) in [6, 6.07) is 9.26. The fourth-order valence-corrected chi connectivity index (χ4v) is 4.30. The first-order valence-corrected chi connectivity index (χ1v) is 15.3. The second-order valence-corrected chi connectivity index (χ2v) is 18.3. The second kappa shape index (κ2) is 6.27. The Kier molecular flexibility index (Phi) is 4.99. The summed E-state index contributed by atoms with van der Waals surface area (Å²) in [6.07, 6.45) is 3.96. The summed E-state index contributed by atoms with van der Waals surface area (Å²) in [5.74, 6) is 0.314. The minimum absolute atomic E-state index is 0.314. The Morgan fingerprint density at radius 1 is 1.22 bits per heavy atom. The van der Waals surface area contributed by atoms with Crippen LogP contribution in [-0.2, 0) is 0 Å². The van der Waals surface area contributed by atoms with Gasteiger partial charge in [0.25, 0.3) is 0 Å². The number of hydrogen-bond donors (Lipinski definition) is 1. The molecule has 1 aromatic rings. The third kappa shape index (κ3) is 3.93. The van der Waals surface area contributed by atoms with E-state index in [1.54, 1.807) is 3.12 Å². The van der Waals surface area contributed by atoms with E-state index >= 15 is 0 Å². The number of aliphatic imine (C=N–C) groups is 1. The summed E-state index contributed by atoms with van der Waals surface area (Å²) in [4.78, 5) is 10.6. The average molecular weight is 348 g/mol. The van der Waals surface area contributed by atoms with Crippen molar-refractivity contribution in [1.29, 1.82) is 10.5 Å². The van der Waals surface area contributed by atoms with Crippen LogP contribution < -0.4 is 5.32 Å². The number of para-hydroxylation sites is 1. The Morgan fingerprint density at radius 2 is 1.83 bits per heavy atom. The van der Waals surface area contributed by atoms with Crippen molar-refractivity contribution < 1.29 is 0 Å². The molecule has 92 valence electrons. The fourth-order valence-electron chi connectivity index (χ4n) is 1.32. The van der Waals surface area contributed by atoms with E-state index in [1.807, 2.05) is 36.5 Å². The molecule has 0 atom stereocenters. The molecule has 0 heterocycles. The molecule has 0 aliphatic carbocycles. The number of nitriles is 2. The van der Waals surface area contributed by atoms with Gasteiger partial charge in [0.2, 0.25) is 0 Å². The molecule has 0 amide bonds. The van der Waals surface area contributed by atoms with Gasteiger partial charge in [-0.25, -0.2) is 0 Å². The maximum absolute atomic E-state index is 9.23. The molecule has 0 fully saturated rings. The summed E-state index contributed by atoms with van der Waals surface area (Å²) in [5, 5.41) is 20.5. The Labute approximate surface area is 112 Å². The molecule has 1 aromatic carbocycles. The number of guanidine groups is 1. The van der Waals surface area contributed by atoms with Crippen LogP contribution in [0.5, 0.6) is 0 Å². The molecule has 0 saturated carbocycles. The van der Waals surface area contributed by atoms with Gasteiger partial charge in [0.15, 0.2) is 0 Å². The van der Waals surface area contributed by atoms with E-state index in [2.05, 4.69) is 31.3 Å². The van der Waals surface area contributed by atoms with Crippen molar-refractivity contribution in [2.24, 2.45) is 4.99 Å². The van der Waals surface area contributed by atoms with Gasteiger partial charge in [0.1, 0.15) is 0 Å². The average Bonchev–Trinajstić information content (AvgIpc) is 2.29. The van der Waals surface area contributed by atoms with Crippen LogP contribution in [0.25, 0.3) is 0 Å². The van der Waals surface area contributed by atoms with Crippen molar-refractivity contribution in [2.75, 3.05) is 0 Å². The first kappa shape index (κ1) is 14.3. The normalized spacial score (nSPS) is 11.3. The van der Waals surface area contributed by atoms with Crippen LogP contribution in [-0.4, -0.2) is 27.7 Å². The SMILES string of the molecule is [CH3][Sn]([CH3])([CH3])[N](C#N)C(=Nc1ccccc1)NC#N. The fraction of sp³-hybridized carbons (Fsp3) is 0.250. The Bertz CT molecular complexity index is 504. The molecule has 0 aliphatic rings. The molecule has 0 radical (unpaired) electrons. The van der Waals surface area contributed by atoms with Gasteiger partial charge in [0, 0.05) is 0 Å². The molecule has 1 rings (SSSR count). The summed E-state index contributed by atoms with van der Waals surface area (Å²) < 4.78 is 1.57. The van der Waals surface area contributed by atoms with E-state index in [0.717, 1.165) is 0 Å². The van der Waals surface area contributed by atoms with Crippen molar-refractivity contribution >= 4 is 30.3 Å². The number of benzene rings is 1. The Hall–Kier alpha value is -1.73. The third-order valence-corrected chi connectivity index (χ3v) is 6.86. The van der Waals surface area contributed by atoms with E-state index in [1.165, 1.54) is 0 Å². The first-order chi connectivity index (χ1) is 8.49. The van der Waals surface area contributed by atoms with E-state index in [9.17, 15) is 5.26 Å². The van der Waals surface area contributed by atoms with Gasteiger partial charge in [-0.3, -0.25) is 0 Å². The molecule has 0 spiro atoms. The van der Waals surface area contributed by atoms with Gasteiger partial charge in [-0.1, -0.05) is 0 Å².